The van der Waals surface area contributed by atoms with Crippen LogP contribution in [-0.2, 0) is 11.2 Å². The molecule has 0 aromatic carbocycles. The van der Waals surface area contributed by atoms with Crippen LogP contribution in [0.4, 0.5) is 0 Å². The van der Waals surface area contributed by atoms with E-state index in [9.17, 15) is 4.79 Å². The van der Waals surface area contributed by atoms with Crippen LogP contribution < -0.4 is 5.32 Å². The van der Waals surface area contributed by atoms with Crippen molar-refractivity contribution >= 4 is 5.91 Å². The summed E-state index contributed by atoms with van der Waals surface area (Å²) in [7, 11) is 0. The largest absolute Gasteiger partial charge is 0.354 e. The molecule has 1 aromatic heterocycles. The first-order valence-corrected chi connectivity index (χ1v) is 9.81. The van der Waals surface area contributed by atoms with E-state index in [1.165, 1.54) is 38.8 Å². The molecular formula is C20H32N4O. The van der Waals surface area contributed by atoms with Crippen molar-refractivity contribution in [3.63, 3.8) is 0 Å². The highest BCUT2D eigenvalue weighted by Gasteiger charge is 2.44. The van der Waals surface area contributed by atoms with Gasteiger partial charge in [0.25, 0.3) is 0 Å². The number of carbonyl (C=O) groups is 1. The van der Waals surface area contributed by atoms with E-state index in [0.29, 0.717) is 12.3 Å². The molecule has 0 saturated carbocycles. The predicted octanol–water partition coefficient (Wildman–Crippen LogP) is 2.89. The van der Waals surface area contributed by atoms with Crippen LogP contribution in [0.25, 0.3) is 0 Å². The lowest BCUT2D eigenvalue weighted by molar-refractivity contribution is -0.121. The summed E-state index contributed by atoms with van der Waals surface area (Å²) in [5.74, 6) is 1.35. The quantitative estimate of drug-likeness (QED) is 0.862. The Bertz CT molecular complexity index is 610. The van der Waals surface area contributed by atoms with Gasteiger partial charge in [0.15, 0.2) is 0 Å². The third-order valence-electron chi connectivity index (χ3n) is 6.25. The highest BCUT2D eigenvalue weighted by molar-refractivity contribution is 5.79. The summed E-state index contributed by atoms with van der Waals surface area (Å²) in [5.41, 5.74) is 3.10. The van der Waals surface area contributed by atoms with Crippen molar-refractivity contribution in [1.29, 1.82) is 0 Å². The number of hydrogen-bond donors (Lipinski definition) is 1. The van der Waals surface area contributed by atoms with Gasteiger partial charge >= 0.3 is 0 Å². The van der Waals surface area contributed by atoms with Gasteiger partial charge in [-0.15, -0.1) is 0 Å². The molecule has 2 saturated heterocycles. The van der Waals surface area contributed by atoms with Crippen LogP contribution >= 0.6 is 0 Å². The number of nitrogens with one attached hydrogen (secondary N) is 1. The first kappa shape index (κ1) is 18.3. The van der Waals surface area contributed by atoms with Gasteiger partial charge in [-0.2, -0.15) is 0 Å². The van der Waals surface area contributed by atoms with Crippen LogP contribution in [0.3, 0.4) is 0 Å². The summed E-state index contributed by atoms with van der Waals surface area (Å²) < 4.78 is 0. The van der Waals surface area contributed by atoms with Gasteiger partial charge in [-0.25, -0.2) is 9.97 Å². The molecule has 2 aliphatic heterocycles. The third-order valence-corrected chi connectivity index (χ3v) is 6.25. The van der Waals surface area contributed by atoms with E-state index in [-0.39, 0.29) is 11.4 Å². The maximum atomic E-state index is 12.5. The molecule has 3 rings (SSSR count). The summed E-state index contributed by atoms with van der Waals surface area (Å²) in [6.07, 6.45) is 6.37. The van der Waals surface area contributed by atoms with E-state index >= 15 is 0 Å². The Hall–Kier alpha value is -1.49. The smallest absolute Gasteiger partial charge is 0.224 e. The lowest BCUT2D eigenvalue weighted by atomic mass is 9.94. The highest BCUT2D eigenvalue weighted by Crippen LogP contribution is 2.38. The summed E-state index contributed by atoms with van der Waals surface area (Å²) in [4.78, 5) is 24.4. The monoisotopic (exact) mass is 344 g/mol. The molecule has 1 N–H and O–H groups in total. The van der Waals surface area contributed by atoms with Crippen molar-refractivity contribution in [1.82, 2.24) is 20.2 Å². The van der Waals surface area contributed by atoms with Crippen molar-refractivity contribution in [2.75, 3.05) is 19.6 Å². The number of fused-ring (bicyclic) bond motifs is 1. The molecule has 5 heteroatoms. The number of amides is 1. The predicted molar refractivity (Wildman–Crippen MR) is 99.7 cm³/mol. The number of nitrogens with zero attached hydrogens (tertiary/aromatic N) is 3. The van der Waals surface area contributed by atoms with Crippen LogP contribution in [0, 0.1) is 13.8 Å². The molecule has 1 aromatic rings. The van der Waals surface area contributed by atoms with Crippen molar-refractivity contribution < 1.29 is 4.79 Å². The fraction of sp³-hybridized carbons (Fsp3) is 0.750. The Morgan fingerprint density at radius 3 is 2.36 bits per heavy atom. The molecule has 5 nitrogen and oxygen atoms in total. The Balaban J connectivity index is 1.63. The first-order valence-electron chi connectivity index (χ1n) is 9.81. The summed E-state index contributed by atoms with van der Waals surface area (Å²) in [5, 5.41) is 3.20. The molecule has 3 heterocycles. The lowest BCUT2D eigenvalue weighted by Gasteiger charge is -2.32. The van der Waals surface area contributed by atoms with Gasteiger partial charge in [0.2, 0.25) is 5.91 Å². The zero-order chi connectivity index (χ0) is 18.0. The van der Waals surface area contributed by atoms with Gasteiger partial charge in [0.05, 0.1) is 6.42 Å². The van der Waals surface area contributed by atoms with Crippen LogP contribution in [-0.4, -0.2) is 45.9 Å². The Kier molecular flexibility index (Phi) is 5.42. The van der Waals surface area contributed by atoms with E-state index in [1.807, 2.05) is 13.8 Å². The minimum atomic E-state index is 0.0965. The fourth-order valence-electron chi connectivity index (χ4n) is 4.42. The minimum absolute atomic E-state index is 0.0965. The highest BCUT2D eigenvalue weighted by atomic mass is 16.1. The lowest BCUT2D eigenvalue weighted by Crippen LogP contribution is -2.48. The van der Waals surface area contributed by atoms with E-state index in [1.54, 1.807) is 0 Å². The average molecular weight is 345 g/mol. The number of rotatable bonds is 6. The zero-order valence-corrected chi connectivity index (χ0v) is 16.2. The number of hydrogen-bond acceptors (Lipinski definition) is 4. The third kappa shape index (κ3) is 3.71. The van der Waals surface area contributed by atoms with E-state index in [0.717, 1.165) is 35.7 Å². The summed E-state index contributed by atoms with van der Waals surface area (Å²) >= 11 is 0. The molecule has 138 valence electrons. The molecule has 25 heavy (non-hydrogen) atoms. The van der Waals surface area contributed by atoms with Gasteiger partial charge in [0.1, 0.15) is 5.82 Å². The van der Waals surface area contributed by atoms with Crippen molar-refractivity contribution in [3.05, 3.63) is 22.8 Å². The zero-order valence-electron chi connectivity index (χ0n) is 16.2. The number of carbonyl (C=O) groups excluding carboxylic acids is 1. The Morgan fingerprint density at radius 1 is 1.20 bits per heavy atom. The number of aromatic nitrogens is 2. The van der Waals surface area contributed by atoms with Crippen molar-refractivity contribution in [3.8, 4) is 0 Å². The molecule has 1 amide bonds. The normalized spacial score (nSPS) is 20.5. The van der Waals surface area contributed by atoms with Gasteiger partial charge in [-0.3, -0.25) is 9.69 Å². The van der Waals surface area contributed by atoms with Crippen LogP contribution in [0.5, 0.6) is 0 Å². The molecule has 2 aliphatic rings. The van der Waals surface area contributed by atoms with Crippen LogP contribution in [0.2, 0.25) is 0 Å². The Morgan fingerprint density at radius 2 is 1.80 bits per heavy atom. The molecular weight excluding hydrogens is 312 g/mol. The van der Waals surface area contributed by atoms with E-state index in [4.69, 9.17) is 0 Å². The molecule has 0 aliphatic carbocycles. The average Bonchev–Trinajstić information content (AvgIpc) is 3.15. The maximum Gasteiger partial charge on any atom is 0.224 e. The maximum absolute atomic E-state index is 12.5. The SMILES string of the molecule is CCC(C)c1nc(C)c(CC(=O)NCC23CCCN2CCC3)c(C)n1. The Labute approximate surface area is 151 Å². The van der Waals surface area contributed by atoms with Crippen molar-refractivity contribution in [2.24, 2.45) is 0 Å². The standard InChI is InChI=1S/C20H32N4O/c1-5-14(2)19-22-15(3)17(16(4)23-19)12-18(25)21-13-20-8-6-10-24(20)11-7-9-20/h14H,5-13H2,1-4H3,(H,21,25). The van der Waals surface area contributed by atoms with Crippen molar-refractivity contribution in [2.45, 2.75) is 77.7 Å². The molecule has 0 radical (unpaired) electrons. The molecule has 1 atom stereocenters. The van der Waals surface area contributed by atoms with Crippen LogP contribution in [0.1, 0.15) is 74.6 Å². The number of aryl methyl sites for hydroxylation is 2. The topological polar surface area (TPSA) is 58.1 Å². The summed E-state index contributed by atoms with van der Waals surface area (Å²) in [6.45, 7) is 11.5. The molecule has 0 bridgehead atoms. The second kappa shape index (κ2) is 7.40. The van der Waals surface area contributed by atoms with Gasteiger partial charge in [-0.1, -0.05) is 13.8 Å². The second-order valence-electron chi connectivity index (χ2n) is 7.91. The first-order chi connectivity index (χ1) is 11.9. The van der Waals surface area contributed by atoms with Gasteiger partial charge in [0, 0.05) is 35.0 Å². The van der Waals surface area contributed by atoms with Crippen LogP contribution in [0.15, 0.2) is 0 Å². The second-order valence-corrected chi connectivity index (χ2v) is 7.91. The molecule has 1 unspecified atom stereocenters. The molecule has 0 spiro atoms. The van der Waals surface area contributed by atoms with E-state index < -0.39 is 0 Å². The minimum Gasteiger partial charge on any atom is -0.354 e. The van der Waals surface area contributed by atoms with Gasteiger partial charge in [-0.05, 0) is 59.0 Å². The molecule has 2 fully saturated rings. The van der Waals surface area contributed by atoms with E-state index in [2.05, 4.69) is 34.0 Å². The van der Waals surface area contributed by atoms with Gasteiger partial charge < -0.3 is 5.32 Å². The summed E-state index contributed by atoms with van der Waals surface area (Å²) in [6, 6.07) is 0. The fourth-order valence-corrected chi connectivity index (χ4v) is 4.42.